The molecule has 3 aromatic rings. The van der Waals surface area contributed by atoms with E-state index in [2.05, 4.69) is 52.3 Å². The monoisotopic (exact) mass is 458 g/mol. The fourth-order valence-electron chi connectivity index (χ4n) is 1.72. The van der Waals surface area contributed by atoms with Crippen LogP contribution in [0.2, 0.25) is 0 Å². The Morgan fingerprint density at radius 3 is 2.12 bits per heavy atom. The second-order valence-electron chi connectivity index (χ2n) is 4.70. The van der Waals surface area contributed by atoms with E-state index in [-0.39, 0.29) is 6.61 Å². The van der Waals surface area contributed by atoms with Crippen molar-refractivity contribution in [2.75, 3.05) is 0 Å². The maximum absolute atomic E-state index is 8.63. The number of nitrogens with zero attached hydrogens (tertiary/aromatic N) is 6. The first kappa shape index (κ1) is 18.6. The van der Waals surface area contributed by atoms with Crippen LogP contribution in [-0.2, 0) is 27.3 Å². The number of halogens is 2. The van der Waals surface area contributed by atoms with E-state index >= 15 is 0 Å². The Morgan fingerprint density at radius 2 is 1.71 bits per heavy atom. The maximum Gasteiger partial charge on any atom is 0.233 e. The van der Waals surface area contributed by atoms with E-state index in [1.807, 2.05) is 20.3 Å². The molecule has 8 nitrogen and oxygen atoms in total. The molecule has 0 bridgehead atoms. The smallest absolute Gasteiger partial charge is 0.233 e. The topological polar surface area (TPSA) is 90.9 Å². The van der Waals surface area contributed by atoms with Crippen molar-refractivity contribution in [2.24, 2.45) is 14.1 Å². The molecule has 0 atom stereocenters. The number of aromatic nitrogens is 6. The van der Waals surface area contributed by atoms with Gasteiger partial charge in [-0.3, -0.25) is 9.36 Å². The zero-order valence-electron chi connectivity index (χ0n) is 13.1. The molecule has 0 aromatic carbocycles. The summed E-state index contributed by atoms with van der Waals surface area (Å²) in [5.74, 6) is 0.495. The van der Waals surface area contributed by atoms with Gasteiger partial charge >= 0.3 is 0 Å². The summed E-state index contributed by atoms with van der Waals surface area (Å²) in [5.41, 5.74) is 1.51. The zero-order chi connectivity index (χ0) is 17.5. The predicted molar refractivity (Wildman–Crippen MR) is 94.1 cm³/mol. The largest absolute Gasteiger partial charge is 0.470 e. The summed E-state index contributed by atoms with van der Waals surface area (Å²) in [4.78, 5) is 0. The number of hydrogen-bond donors (Lipinski definition) is 1. The van der Waals surface area contributed by atoms with E-state index in [0.717, 1.165) is 14.6 Å². The number of aryl methyl sites for hydroxylation is 2. The quantitative estimate of drug-likeness (QED) is 0.643. The van der Waals surface area contributed by atoms with Gasteiger partial charge in [0, 0.05) is 38.8 Å². The van der Waals surface area contributed by atoms with Gasteiger partial charge in [-0.05, 0) is 37.9 Å². The lowest BCUT2D eigenvalue weighted by Gasteiger charge is -2.01. The van der Waals surface area contributed by atoms with Crippen LogP contribution in [0.4, 0.5) is 0 Å². The molecule has 0 aliphatic heterocycles. The molecule has 128 valence electrons. The van der Waals surface area contributed by atoms with Gasteiger partial charge in [0.25, 0.3) is 0 Å². The minimum absolute atomic E-state index is 0.0125. The lowest BCUT2D eigenvalue weighted by molar-refractivity contribution is 0.275. The standard InChI is InChI=1S/C9H9BrN4O.C5H7BrN2O/c1-14-5-7(10)8(13-14)6-15-9-3-2-4-11-12-9;1-8-2-4(6)5(3-9)7-8/h2-5H,6H2,1H3;2,9H,3H2,1H3. The third-order valence-electron chi connectivity index (χ3n) is 2.76. The van der Waals surface area contributed by atoms with Crippen LogP contribution < -0.4 is 4.74 Å². The Bertz CT molecular complexity index is 775. The fraction of sp³-hybridized carbons (Fsp3) is 0.286. The maximum atomic E-state index is 8.63. The van der Waals surface area contributed by atoms with Crippen molar-refractivity contribution in [1.82, 2.24) is 29.8 Å². The average Bonchev–Trinajstić information content (AvgIpc) is 3.07. The Labute approximate surface area is 155 Å². The van der Waals surface area contributed by atoms with Crippen molar-refractivity contribution in [1.29, 1.82) is 0 Å². The minimum Gasteiger partial charge on any atom is -0.470 e. The van der Waals surface area contributed by atoms with Crippen LogP contribution in [0.5, 0.6) is 5.88 Å². The molecule has 3 rings (SSSR count). The van der Waals surface area contributed by atoms with Crippen molar-refractivity contribution < 1.29 is 9.84 Å². The summed E-state index contributed by atoms with van der Waals surface area (Å²) >= 11 is 6.63. The number of rotatable bonds is 4. The van der Waals surface area contributed by atoms with E-state index in [9.17, 15) is 0 Å². The third kappa shape index (κ3) is 5.39. The Balaban J connectivity index is 0.000000198. The van der Waals surface area contributed by atoms with E-state index < -0.39 is 0 Å². The minimum atomic E-state index is -0.0125. The van der Waals surface area contributed by atoms with Crippen molar-refractivity contribution >= 4 is 31.9 Å². The molecule has 0 aliphatic carbocycles. The van der Waals surface area contributed by atoms with Gasteiger partial charge in [0.15, 0.2) is 0 Å². The zero-order valence-corrected chi connectivity index (χ0v) is 16.3. The first-order valence-corrected chi connectivity index (χ1v) is 8.45. The lowest BCUT2D eigenvalue weighted by atomic mass is 10.5. The molecule has 0 amide bonds. The van der Waals surface area contributed by atoms with Crippen LogP contribution in [0, 0.1) is 0 Å². The van der Waals surface area contributed by atoms with Crippen LogP contribution in [0.1, 0.15) is 11.4 Å². The Kier molecular flexibility index (Phi) is 6.88. The predicted octanol–water partition coefficient (Wildman–Crippen LogP) is 2.23. The van der Waals surface area contributed by atoms with E-state index in [0.29, 0.717) is 18.2 Å². The Hall–Kier alpha value is -1.78. The van der Waals surface area contributed by atoms with Gasteiger partial charge in [-0.1, -0.05) is 0 Å². The van der Waals surface area contributed by atoms with Gasteiger partial charge in [-0.25, -0.2) is 0 Å². The van der Waals surface area contributed by atoms with Crippen LogP contribution in [-0.4, -0.2) is 34.9 Å². The molecule has 10 heteroatoms. The van der Waals surface area contributed by atoms with Crippen molar-refractivity contribution in [3.05, 3.63) is 51.1 Å². The van der Waals surface area contributed by atoms with E-state index in [4.69, 9.17) is 9.84 Å². The summed E-state index contributed by atoms with van der Waals surface area (Å²) in [6.45, 7) is 0.363. The van der Waals surface area contributed by atoms with Crippen molar-refractivity contribution in [3.8, 4) is 5.88 Å². The summed E-state index contributed by atoms with van der Waals surface area (Å²) in [5, 5.41) is 24.3. The van der Waals surface area contributed by atoms with Crippen LogP contribution >= 0.6 is 31.9 Å². The van der Waals surface area contributed by atoms with Gasteiger partial charge in [0.1, 0.15) is 18.0 Å². The van der Waals surface area contributed by atoms with E-state index in [1.54, 1.807) is 33.9 Å². The number of ether oxygens (including phenoxy) is 1. The normalized spacial score (nSPS) is 10.2. The molecule has 0 spiro atoms. The highest BCUT2D eigenvalue weighted by Crippen LogP contribution is 2.16. The molecule has 24 heavy (non-hydrogen) atoms. The molecular formula is C14H16Br2N6O2. The Morgan fingerprint density at radius 1 is 1.08 bits per heavy atom. The fourth-order valence-corrected chi connectivity index (χ4v) is 2.71. The molecule has 3 heterocycles. The average molecular weight is 460 g/mol. The van der Waals surface area contributed by atoms with Crippen molar-refractivity contribution in [2.45, 2.75) is 13.2 Å². The number of aliphatic hydroxyl groups excluding tert-OH is 1. The summed E-state index contributed by atoms with van der Waals surface area (Å²) in [6.07, 6.45) is 5.27. The molecular weight excluding hydrogens is 444 g/mol. The molecule has 0 unspecified atom stereocenters. The highest BCUT2D eigenvalue weighted by atomic mass is 79.9. The molecule has 0 aliphatic rings. The van der Waals surface area contributed by atoms with Crippen LogP contribution in [0.25, 0.3) is 0 Å². The molecule has 1 N–H and O–H groups in total. The number of hydrogen-bond acceptors (Lipinski definition) is 6. The van der Waals surface area contributed by atoms with Crippen molar-refractivity contribution in [3.63, 3.8) is 0 Å². The molecule has 0 saturated carbocycles. The number of aliphatic hydroxyl groups is 1. The molecule has 0 radical (unpaired) electrons. The third-order valence-corrected chi connectivity index (χ3v) is 4.09. The van der Waals surface area contributed by atoms with Gasteiger partial charge in [-0.2, -0.15) is 15.3 Å². The van der Waals surface area contributed by atoms with Gasteiger partial charge in [0.2, 0.25) is 5.88 Å². The van der Waals surface area contributed by atoms with Crippen LogP contribution in [0.3, 0.4) is 0 Å². The highest BCUT2D eigenvalue weighted by Gasteiger charge is 2.05. The molecule has 0 saturated heterocycles. The van der Waals surface area contributed by atoms with Crippen LogP contribution in [0.15, 0.2) is 39.7 Å². The highest BCUT2D eigenvalue weighted by molar-refractivity contribution is 9.10. The second kappa shape index (κ2) is 8.90. The molecule has 3 aromatic heterocycles. The summed E-state index contributed by atoms with van der Waals surface area (Å²) in [6, 6.07) is 3.53. The van der Waals surface area contributed by atoms with E-state index in [1.165, 1.54) is 0 Å². The summed E-state index contributed by atoms with van der Waals surface area (Å²) in [7, 11) is 3.67. The second-order valence-corrected chi connectivity index (χ2v) is 6.41. The first-order valence-electron chi connectivity index (χ1n) is 6.87. The first-order chi connectivity index (χ1) is 11.5. The SMILES string of the molecule is Cn1cc(Br)c(CO)n1.Cn1cc(Br)c(COc2cccnn2)n1. The summed E-state index contributed by atoms with van der Waals surface area (Å²) < 4.78 is 10.6. The van der Waals surface area contributed by atoms with Gasteiger partial charge in [0.05, 0.1) is 15.6 Å². The molecule has 0 fully saturated rings. The lowest BCUT2D eigenvalue weighted by Crippen LogP contribution is -2.00. The van der Waals surface area contributed by atoms with Gasteiger partial charge < -0.3 is 9.84 Å². The van der Waals surface area contributed by atoms with Gasteiger partial charge in [-0.15, -0.1) is 5.10 Å².